The van der Waals surface area contributed by atoms with Gasteiger partial charge in [0.25, 0.3) is 0 Å². The SMILES string of the molecule is C/C=C/CCC1CCC(C(F)(F)Oc2ccc(-c3ccc(C(F)(F)Oc4ccc(OC=C(F)F)c(F)c4)c(F)c3)c(F)c2)CC1. The number of allylic oxidation sites excluding steroid dienone is 2. The van der Waals surface area contributed by atoms with Crippen molar-refractivity contribution in [2.24, 2.45) is 11.8 Å². The van der Waals surface area contributed by atoms with E-state index in [1.807, 2.05) is 19.1 Å². The minimum Gasteiger partial charge on any atom is -0.456 e. The molecule has 45 heavy (non-hydrogen) atoms. The number of hydrogen-bond donors (Lipinski definition) is 0. The predicted molar refractivity (Wildman–Crippen MR) is 149 cm³/mol. The zero-order chi connectivity index (χ0) is 32.8. The van der Waals surface area contributed by atoms with Crippen LogP contribution in [0.15, 0.2) is 79.1 Å². The highest BCUT2D eigenvalue weighted by Crippen LogP contribution is 2.42. The standard InChI is InChI=1S/C33H29F9O3/c1-2-3-4-5-20-6-9-22(10-7-20)32(39,40)44-23-11-13-25(27(34)17-23)21-8-14-26(28(35)16-21)33(41,42)45-24-12-15-30(29(36)18-24)43-19-31(37)38/h2-3,8,11-20,22H,4-7,9-10H2,1H3/b3-2+. The van der Waals surface area contributed by atoms with Crippen molar-refractivity contribution in [3.05, 3.63) is 102 Å². The van der Waals surface area contributed by atoms with E-state index in [4.69, 9.17) is 4.74 Å². The Labute approximate surface area is 253 Å². The molecule has 0 N–H and O–H groups in total. The number of rotatable bonds is 12. The Hall–Kier alpha value is -4.09. The fourth-order valence-corrected chi connectivity index (χ4v) is 5.19. The number of hydrogen-bond acceptors (Lipinski definition) is 3. The first kappa shape index (κ1) is 33.8. The maximum atomic E-state index is 15.0. The van der Waals surface area contributed by atoms with E-state index in [2.05, 4.69) is 9.47 Å². The fourth-order valence-electron chi connectivity index (χ4n) is 5.19. The highest BCUT2D eigenvalue weighted by atomic mass is 19.3. The van der Waals surface area contributed by atoms with Gasteiger partial charge in [-0.1, -0.05) is 18.2 Å². The van der Waals surface area contributed by atoms with Gasteiger partial charge in [-0.25, -0.2) is 13.2 Å². The van der Waals surface area contributed by atoms with Gasteiger partial charge in [-0.3, -0.25) is 0 Å². The van der Waals surface area contributed by atoms with Crippen molar-refractivity contribution in [3.63, 3.8) is 0 Å². The molecule has 1 saturated carbocycles. The lowest BCUT2D eigenvalue weighted by molar-refractivity contribution is -0.223. The molecule has 4 rings (SSSR count). The molecule has 0 bridgehead atoms. The van der Waals surface area contributed by atoms with E-state index in [1.165, 1.54) is 0 Å². The average Bonchev–Trinajstić information content (AvgIpc) is 2.96. The van der Waals surface area contributed by atoms with E-state index in [0.29, 0.717) is 37.0 Å². The average molecular weight is 645 g/mol. The molecule has 0 atom stereocenters. The summed E-state index contributed by atoms with van der Waals surface area (Å²) in [4.78, 5) is 0. The van der Waals surface area contributed by atoms with Gasteiger partial charge in [0, 0.05) is 17.7 Å². The molecule has 3 aromatic carbocycles. The largest absolute Gasteiger partial charge is 0.456 e. The van der Waals surface area contributed by atoms with Gasteiger partial charge in [0.15, 0.2) is 17.8 Å². The molecule has 1 aliphatic carbocycles. The summed E-state index contributed by atoms with van der Waals surface area (Å²) in [6, 6.07) is 7.04. The van der Waals surface area contributed by atoms with Crippen molar-refractivity contribution in [2.45, 2.75) is 57.7 Å². The quantitative estimate of drug-likeness (QED) is 0.112. The molecule has 0 aromatic heterocycles. The second-order valence-corrected chi connectivity index (χ2v) is 10.6. The summed E-state index contributed by atoms with van der Waals surface area (Å²) in [6.45, 7) is 1.92. The molecule has 0 spiro atoms. The van der Waals surface area contributed by atoms with Gasteiger partial charge in [0.05, 0.1) is 11.5 Å². The second-order valence-electron chi connectivity index (χ2n) is 10.6. The molecule has 0 amide bonds. The molecule has 3 nitrogen and oxygen atoms in total. The summed E-state index contributed by atoms with van der Waals surface area (Å²) < 4.78 is 141. The minimum atomic E-state index is -4.34. The van der Waals surface area contributed by atoms with Crippen LogP contribution in [0.4, 0.5) is 39.5 Å². The topological polar surface area (TPSA) is 27.7 Å². The molecule has 242 valence electrons. The Morgan fingerprint density at radius 1 is 0.800 bits per heavy atom. The molecule has 1 aliphatic rings. The van der Waals surface area contributed by atoms with E-state index >= 15 is 0 Å². The van der Waals surface area contributed by atoms with Crippen molar-refractivity contribution in [1.29, 1.82) is 0 Å². The summed E-state index contributed by atoms with van der Waals surface area (Å²) in [5, 5.41) is 0. The van der Waals surface area contributed by atoms with Crippen molar-refractivity contribution in [3.8, 4) is 28.4 Å². The van der Waals surface area contributed by atoms with Crippen LogP contribution < -0.4 is 14.2 Å². The third-order valence-corrected chi connectivity index (χ3v) is 7.51. The van der Waals surface area contributed by atoms with Gasteiger partial charge >= 0.3 is 18.3 Å². The van der Waals surface area contributed by atoms with Crippen LogP contribution in [0.5, 0.6) is 17.2 Å². The van der Waals surface area contributed by atoms with Crippen molar-refractivity contribution >= 4 is 0 Å². The molecule has 0 saturated heterocycles. The second kappa shape index (κ2) is 14.3. The van der Waals surface area contributed by atoms with Gasteiger partial charge in [0.1, 0.15) is 23.1 Å². The van der Waals surface area contributed by atoms with Crippen LogP contribution in [0.3, 0.4) is 0 Å². The summed E-state index contributed by atoms with van der Waals surface area (Å²) in [6.07, 6.45) is -2.57. The zero-order valence-corrected chi connectivity index (χ0v) is 24.0. The maximum absolute atomic E-state index is 15.0. The molecule has 0 unspecified atom stereocenters. The van der Waals surface area contributed by atoms with Crippen LogP contribution in [0.1, 0.15) is 51.0 Å². The number of alkyl halides is 4. The van der Waals surface area contributed by atoms with Gasteiger partial charge in [-0.2, -0.15) is 26.3 Å². The summed E-state index contributed by atoms with van der Waals surface area (Å²) in [7, 11) is 0. The van der Waals surface area contributed by atoms with E-state index in [0.717, 1.165) is 49.2 Å². The smallest absolute Gasteiger partial charge is 0.429 e. The Morgan fingerprint density at radius 3 is 2.09 bits per heavy atom. The zero-order valence-electron chi connectivity index (χ0n) is 24.0. The lowest BCUT2D eigenvalue weighted by Gasteiger charge is -2.33. The molecule has 0 heterocycles. The molecule has 1 fully saturated rings. The van der Waals surface area contributed by atoms with E-state index in [1.54, 1.807) is 0 Å². The number of ether oxygens (including phenoxy) is 3. The molecule has 3 aromatic rings. The third kappa shape index (κ3) is 8.76. The highest BCUT2D eigenvalue weighted by molar-refractivity contribution is 5.65. The van der Waals surface area contributed by atoms with Gasteiger partial charge in [-0.15, -0.1) is 0 Å². The Kier molecular flexibility index (Phi) is 10.8. The fraction of sp³-hybridized carbons (Fsp3) is 0.333. The lowest BCUT2D eigenvalue weighted by Crippen LogP contribution is -2.37. The monoisotopic (exact) mass is 644 g/mol. The van der Waals surface area contributed by atoms with Crippen LogP contribution in [-0.2, 0) is 6.11 Å². The van der Waals surface area contributed by atoms with E-state index in [-0.39, 0.29) is 30.2 Å². The van der Waals surface area contributed by atoms with E-state index in [9.17, 15) is 39.5 Å². The van der Waals surface area contributed by atoms with Crippen molar-refractivity contribution < 1.29 is 53.7 Å². The van der Waals surface area contributed by atoms with Crippen LogP contribution >= 0.6 is 0 Å². The van der Waals surface area contributed by atoms with Crippen molar-refractivity contribution in [1.82, 2.24) is 0 Å². The summed E-state index contributed by atoms with van der Waals surface area (Å²) in [5.41, 5.74) is -1.72. The Morgan fingerprint density at radius 2 is 1.47 bits per heavy atom. The first-order valence-electron chi connectivity index (χ1n) is 14.1. The minimum absolute atomic E-state index is 0.0527. The number of benzene rings is 3. The maximum Gasteiger partial charge on any atom is 0.429 e. The Bertz CT molecular complexity index is 1530. The normalized spacial score (nSPS) is 17.3. The van der Waals surface area contributed by atoms with Gasteiger partial charge in [-0.05, 0) is 93.3 Å². The summed E-state index contributed by atoms with van der Waals surface area (Å²) in [5.74, 6) is -6.44. The molecular formula is C33H29F9O3. The Balaban J connectivity index is 1.42. The molecular weight excluding hydrogens is 615 g/mol. The van der Waals surface area contributed by atoms with Crippen LogP contribution in [0.25, 0.3) is 11.1 Å². The van der Waals surface area contributed by atoms with E-state index < -0.39 is 64.5 Å². The van der Waals surface area contributed by atoms with Gasteiger partial charge in [0.2, 0.25) is 0 Å². The third-order valence-electron chi connectivity index (χ3n) is 7.51. The van der Waals surface area contributed by atoms with Crippen molar-refractivity contribution in [2.75, 3.05) is 0 Å². The van der Waals surface area contributed by atoms with Crippen LogP contribution in [0.2, 0.25) is 0 Å². The predicted octanol–water partition coefficient (Wildman–Crippen LogP) is 11.2. The van der Waals surface area contributed by atoms with Gasteiger partial charge < -0.3 is 14.2 Å². The molecule has 0 radical (unpaired) electrons. The highest BCUT2D eigenvalue weighted by Gasteiger charge is 2.44. The molecule has 12 heteroatoms. The van der Waals surface area contributed by atoms with Crippen LogP contribution in [0, 0.1) is 29.3 Å². The first-order valence-corrected chi connectivity index (χ1v) is 14.1. The first-order chi connectivity index (χ1) is 21.3. The molecule has 0 aliphatic heterocycles. The van der Waals surface area contributed by atoms with Crippen LogP contribution in [-0.4, -0.2) is 6.11 Å². The lowest BCUT2D eigenvalue weighted by atomic mass is 9.79. The summed E-state index contributed by atoms with van der Waals surface area (Å²) >= 11 is 0. The number of halogens is 9.